The highest BCUT2D eigenvalue weighted by molar-refractivity contribution is 6.21. The molecule has 3 amide bonds. The molecule has 0 spiro atoms. The van der Waals surface area contributed by atoms with E-state index in [4.69, 9.17) is 4.74 Å². The molecule has 1 heterocycles. The van der Waals surface area contributed by atoms with Crippen molar-refractivity contribution in [1.29, 1.82) is 0 Å². The molecule has 1 saturated carbocycles. The average molecular weight is 358 g/mol. The van der Waals surface area contributed by atoms with Crippen molar-refractivity contribution in [3.8, 4) is 0 Å². The van der Waals surface area contributed by atoms with Crippen LogP contribution in [0.15, 0.2) is 24.3 Å². The van der Waals surface area contributed by atoms with Gasteiger partial charge in [0.1, 0.15) is 5.60 Å². The number of ether oxygens (including phenoxy) is 1. The van der Waals surface area contributed by atoms with Gasteiger partial charge in [-0.05, 0) is 51.2 Å². The van der Waals surface area contributed by atoms with Crippen molar-refractivity contribution >= 4 is 17.9 Å². The maximum Gasteiger partial charge on any atom is 0.408 e. The Morgan fingerprint density at radius 1 is 1.23 bits per heavy atom. The molecule has 1 N–H and O–H groups in total. The SMILES string of the molecule is CC(C)C1CC1(CN1C(=O)c2ccccc2C1=O)NC(=O)OC(C)(C)C. The first-order valence-electron chi connectivity index (χ1n) is 9.00. The molecule has 26 heavy (non-hydrogen) atoms. The molecular weight excluding hydrogens is 332 g/mol. The summed E-state index contributed by atoms with van der Waals surface area (Å²) in [5.41, 5.74) is -0.384. The molecule has 1 aromatic rings. The summed E-state index contributed by atoms with van der Waals surface area (Å²) < 4.78 is 5.38. The van der Waals surface area contributed by atoms with Crippen LogP contribution in [0.25, 0.3) is 0 Å². The summed E-state index contributed by atoms with van der Waals surface area (Å²) in [6.45, 7) is 9.72. The number of alkyl carbamates (subject to hydrolysis) is 1. The van der Waals surface area contributed by atoms with Gasteiger partial charge in [-0.15, -0.1) is 0 Å². The summed E-state index contributed by atoms with van der Waals surface area (Å²) in [5, 5.41) is 2.94. The number of nitrogens with one attached hydrogen (secondary N) is 1. The highest BCUT2D eigenvalue weighted by Crippen LogP contribution is 2.49. The van der Waals surface area contributed by atoms with Crippen LogP contribution in [0.3, 0.4) is 0 Å². The number of rotatable bonds is 4. The lowest BCUT2D eigenvalue weighted by Crippen LogP contribution is -2.50. The van der Waals surface area contributed by atoms with Crippen LogP contribution in [-0.4, -0.2) is 40.5 Å². The molecule has 6 nitrogen and oxygen atoms in total. The van der Waals surface area contributed by atoms with Crippen LogP contribution in [0.4, 0.5) is 4.79 Å². The molecule has 2 unspecified atom stereocenters. The van der Waals surface area contributed by atoms with E-state index >= 15 is 0 Å². The summed E-state index contributed by atoms with van der Waals surface area (Å²) in [5.74, 6) is -0.0878. The summed E-state index contributed by atoms with van der Waals surface area (Å²) in [6, 6.07) is 6.82. The smallest absolute Gasteiger partial charge is 0.408 e. The number of hydrogen-bond acceptors (Lipinski definition) is 4. The van der Waals surface area contributed by atoms with E-state index in [2.05, 4.69) is 19.2 Å². The molecule has 2 atom stereocenters. The Balaban J connectivity index is 1.80. The summed E-state index contributed by atoms with van der Waals surface area (Å²) in [7, 11) is 0. The second-order valence-corrected chi connectivity index (χ2v) is 8.58. The van der Waals surface area contributed by atoms with E-state index in [0.29, 0.717) is 17.0 Å². The highest BCUT2D eigenvalue weighted by Gasteiger charge is 2.59. The van der Waals surface area contributed by atoms with Gasteiger partial charge in [0, 0.05) is 0 Å². The van der Waals surface area contributed by atoms with Crippen LogP contribution in [0.5, 0.6) is 0 Å². The van der Waals surface area contributed by atoms with E-state index in [0.717, 1.165) is 6.42 Å². The van der Waals surface area contributed by atoms with E-state index in [-0.39, 0.29) is 24.3 Å². The fourth-order valence-electron chi connectivity index (χ4n) is 3.74. The summed E-state index contributed by atoms with van der Waals surface area (Å²) in [6.07, 6.45) is 0.203. The van der Waals surface area contributed by atoms with Crippen LogP contribution < -0.4 is 5.32 Å². The van der Waals surface area contributed by atoms with Gasteiger partial charge < -0.3 is 10.1 Å². The number of carbonyl (C=O) groups excluding carboxylic acids is 3. The Labute approximate surface area is 153 Å². The highest BCUT2D eigenvalue weighted by atomic mass is 16.6. The number of carbonyl (C=O) groups is 3. The van der Waals surface area contributed by atoms with Crippen LogP contribution >= 0.6 is 0 Å². The third-order valence-electron chi connectivity index (χ3n) is 5.01. The first-order valence-corrected chi connectivity index (χ1v) is 9.00. The fourth-order valence-corrected chi connectivity index (χ4v) is 3.74. The van der Waals surface area contributed by atoms with Gasteiger partial charge in [-0.3, -0.25) is 14.5 Å². The molecule has 0 saturated heterocycles. The Morgan fingerprint density at radius 3 is 2.19 bits per heavy atom. The predicted molar refractivity (Wildman–Crippen MR) is 96.9 cm³/mol. The van der Waals surface area contributed by atoms with Gasteiger partial charge in [0.15, 0.2) is 0 Å². The molecule has 3 rings (SSSR count). The van der Waals surface area contributed by atoms with E-state index in [1.54, 1.807) is 45.0 Å². The average Bonchev–Trinajstić information content (AvgIpc) is 3.18. The summed E-state index contributed by atoms with van der Waals surface area (Å²) in [4.78, 5) is 38.9. The third kappa shape index (κ3) is 3.32. The van der Waals surface area contributed by atoms with Gasteiger partial charge >= 0.3 is 6.09 Å². The largest absolute Gasteiger partial charge is 0.444 e. The summed E-state index contributed by atoms with van der Waals surface area (Å²) >= 11 is 0. The Hall–Kier alpha value is -2.37. The Bertz CT molecular complexity index is 730. The number of benzene rings is 1. The molecular formula is C20H26N2O4. The Morgan fingerprint density at radius 2 is 1.77 bits per heavy atom. The van der Waals surface area contributed by atoms with Crippen LogP contribution in [-0.2, 0) is 4.74 Å². The van der Waals surface area contributed by atoms with Crippen molar-refractivity contribution in [3.63, 3.8) is 0 Å². The van der Waals surface area contributed by atoms with E-state index < -0.39 is 17.2 Å². The predicted octanol–water partition coefficient (Wildman–Crippen LogP) is 3.22. The maximum absolute atomic E-state index is 12.7. The van der Waals surface area contributed by atoms with Crippen molar-refractivity contribution in [2.45, 2.75) is 52.2 Å². The number of nitrogens with zero attached hydrogens (tertiary/aromatic N) is 1. The molecule has 0 bridgehead atoms. The molecule has 1 aliphatic heterocycles. The monoisotopic (exact) mass is 358 g/mol. The van der Waals surface area contributed by atoms with Crippen molar-refractivity contribution in [3.05, 3.63) is 35.4 Å². The maximum atomic E-state index is 12.7. The van der Waals surface area contributed by atoms with Crippen molar-refractivity contribution in [2.24, 2.45) is 11.8 Å². The second kappa shape index (κ2) is 6.11. The number of amides is 3. The standard InChI is InChI=1S/C20H26N2O4/c1-12(2)15-10-20(15,21-18(25)26-19(3,4)5)11-22-16(23)13-8-6-7-9-14(13)17(22)24/h6-9,12,15H,10-11H2,1-5H3,(H,21,25). The first-order chi connectivity index (χ1) is 12.0. The molecule has 0 aromatic heterocycles. The molecule has 2 aliphatic rings. The minimum absolute atomic E-state index is 0.168. The van der Waals surface area contributed by atoms with Crippen molar-refractivity contribution in [2.75, 3.05) is 6.54 Å². The van der Waals surface area contributed by atoms with Gasteiger partial charge in [0.2, 0.25) is 0 Å². The number of fused-ring (bicyclic) bond motifs is 1. The molecule has 0 radical (unpaired) electrons. The van der Waals surface area contributed by atoms with Gasteiger partial charge in [-0.2, -0.15) is 0 Å². The van der Waals surface area contributed by atoms with Gasteiger partial charge in [0.05, 0.1) is 23.2 Å². The lowest BCUT2D eigenvalue weighted by Gasteiger charge is -2.27. The van der Waals surface area contributed by atoms with Crippen LogP contribution in [0.2, 0.25) is 0 Å². The van der Waals surface area contributed by atoms with Gasteiger partial charge in [-0.25, -0.2) is 4.79 Å². The lowest BCUT2D eigenvalue weighted by molar-refractivity contribution is 0.0444. The molecule has 1 aromatic carbocycles. The zero-order valence-corrected chi connectivity index (χ0v) is 16.0. The number of imide groups is 1. The van der Waals surface area contributed by atoms with Gasteiger partial charge in [0.25, 0.3) is 11.8 Å². The molecule has 6 heteroatoms. The van der Waals surface area contributed by atoms with Crippen LogP contribution in [0, 0.1) is 11.8 Å². The second-order valence-electron chi connectivity index (χ2n) is 8.58. The minimum atomic E-state index is -0.621. The molecule has 140 valence electrons. The third-order valence-corrected chi connectivity index (χ3v) is 5.01. The van der Waals surface area contributed by atoms with E-state index in [1.165, 1.54) is 4.90 Å². The van der Waals surface area contributed by atoms with Crippen molar-refractivity contribution in [1.82, 2.24) is 10.2 Å². The van der Waals surface area contributed by atoms with Gasteiger partial charge in [-0.1, -0.05) is 26.0 Å². The lowest BCUT2D eigenvalue weighted by atomic mass is 10.0. The van der Waals surface area contributed by atoms with E-state index in [9.17, 15) is 14.4 Å². The molecule has 1 aliphatic carbocycles. The first kappa shape index (κ1) is 18.4. The normalized spacial score (nSPS) is 24.7. The fraction of sp³-hybridized carbons (Fsp3) is 0.550. The minimum Gasteiger partial charge on any atom is -0.444 e. The van der Waals surface area contributed by atoms with Crippen LogP contribution in [0.1, 0.15) is 61.8 Å². The zero-order chi connectivity index (χ0) is 19.3. The van der Waals surface area contributed by atoms with Crippen molar-refractivity contribution < 1.29 is 19.1 Å². The topological polar surface area (TPSA) is 75.7 Å². The molecule has 1 fully saturated rings. The number of hydrogen-bond donors (Lipinski definition) is 1. The quantitative estimate of drug-likeness (QED) is 0.839. The zero-order valence-electron chi connectivity index (χ0n) is 16.0. The van der Waals surface area contributed by atoms with E-state index in [1.807, 2.05) is 0 Å². The Kier molecular flexibility index (Phi) is 4.33.